The minimum absolute atomic E-state index is 0.352. The van der Waals surface area contributed by atoms with Crippen molar-refractivity contribution in [2.75, 3.05) is 20.2 Å². The Morgan fingerprint density at radius 3 is 3.20 bits per heavy atom. The Kier molecular flexibility index (Phi) is 4.50. The molecule has 3 rings (SSSR count). The molecule has 0 aliphatic carbocycles. The number of hydrogen-bond donors (Lipinski definition) is 0. The van der Waals surface area contributed by atoms with Crippen molar-refractivity contribution in [3.63, 3.8) is 0 Å². The van der Waals surface area contributed by atoms with Crippen LogP contribution in [0.25, 0.3) is 0 Å². The topological polar surface area (TPSA) is 30.3 Å². The molecule has 0 saturated carbocycles. The van der Waals surface area contributed by atoms with Crippen LogP contribution in [0.1, 0.15) is 28.7 Å². The van der Waals surface area contributed by atoms with E-state index in [9.17, 15) is 0 Å². The zero-order chi connectivity index (χ0) is 13.8. The lowest BCUT2D eigenvalue weighted by Crippen LogP contribution is -2.22. The minimum atomic E-state index is 0.352. The third-order valence-corrected chi connectivity index (χ3v) is 4.82. The van der Waals surface area contributed by atoms with Crippen LogP contribution in [-0.2, 0) is 17.8 Å². The normalized spacial score (nSPS) is 19.0. The predicted octanol–water partition coefficient (Wildman–Crippen LogP) is 2.93. The number of rotatable bonds is 6. The van der Waals surface area contributed by atoms with Crippen molar-refractivity contribution in [1.29, 1.82) is 0 Å². The van der Waals surface area contributed by atoms with Crippen molar-refractivity contribution in [2.24, 2.45) is 0 Å². The van der Waals surface area contributed by atoms with Crippen LogP contribution < -0.4 is 0 Å². The van der Waals surface area contributed by atoms with Crippen molar-refractivity contribution < 1.29 is 4.74 Å². The van der Waals surface area contributed by atoms with E-state index < -0.39 is 0 Å². The molecule has 0 amide bonds. The Bertz CT molecular complexity index is 517. The predicted molar refractivity (Wildman–Crippen MR) is 80.8 cm³/mol. The lowest BCUT2D eigenvalue weighted by atomic mass is 10.2. The van der Waals surface area contributed by atoms with Crippen LogP contribution >= 0.6 is 11.3 Å². The van der Waals surface area contributed by atoms with Gasteiger partial charge in [-0.1, -0.05) is 0 Å². The summed E-state index contributed by atoms with van der Waals surface area (Å²) in [6.45, 7) is 3.94. The Morgan fingerprint density at radius 2 is 2.45 bits per heavy atom. The highest BCUT2D eigenvalue weighted by Gasteiger charge is 2.19. The van der Waals surface area contributed by atoms with Crippen molar-refractivity contribution in [2.45, 2.75) is 32.0 Å². The molecular weight excluding hydrogens is 270 g/mol. The van der Waals surface area contributed by atoms with E-state index >= 15 is 0 Å². The molecular formula is C15H21N3OS. The quantitative estimate of drug-likeness (QED) is 0.820. The van der Waals surface area contributed by atoms with Crippen molar-refractivity contribution in [3.05, 3.63) is 40.6 Å². The maximum absolute atomic E-state index is 5.74. The molecule has 1 fully saturated rings. The van der Waals surface area contributed by atoms with Crippen LogP contribution in [0, 0.1) is 0 Å². The summed E-state index contributed by atoms with van der Waals surface area (Å²) >= 11 is 1.90. The highest BCUT2D eigenvalue weighted by atomic mass is 32.1. The Labute approximate surface area is 124 Å². The zero-order valence-corrected chi connectivity index (χ0v) is 12.7. The molecule has 1 aliphatic heterocycles. The van der Waals surface area contributed by atoms with Gasteiger partial charge in [-0.3, -0.25) is 4.90 Å². The lowest BCUT2D eigenvalue weighted by molar-refractivity contribution is 0.114. The van der Waals surface area contributed by atoms with Crippen molar-refractivity contribution in [1.82, 2.24) is 14.5 Å². The first-order chi connectivity index (χ1) is 9.81. The molecule has 3 heterocycles. The fourth-order valence-corrected chi connectivity index (χ4v) is 3.68. The molecule has 2 aromatic heterocycles. The van der Waals surface area contributed by atoms with E-state index in [1.165, 1.54) is 22.6 Å². The second-order valence-corrected chi connectivity index (χ2v) is 6.54. The lowest BCUT2D eigenvalue weighted by Gasteiger charge is -2.15. The fourth-order valence-electron chi connectivity index (χ4n) is 2.50. The highest BCUT2D eigenvalue weighted by molar-refractivity contribution is 7.12. The standard InChI is InChI=1S/C15H21N3OS/c1-17(8-9-18-7-6-16-12-18)11-13-4-5-15(20-13)14-3-2-10-19-14/h4-7,12,14H,2-3,8-11H2,1H3. The van der Waals surface area contributed by atoms with Gasteiger partial charge in [0.15, 0.2) is 0 Å². The summed E-state index contributed by atoms with van der Waals surface area (Å²) < 4.78 is 7.85. The number of nitrogens with zero attached hydrogens (tertiary/aromatic N) is 3. The molecule has 0 spiro atoms. The fraction of sp³-hybridized carbons (Fsp3) is 0.533. The van der Waals surface area contributed by atoms with Crippen LogP contribution in [0.5, 0.6) is 0 Å². The molecule has 0 bridgehead atoms. The second kappa shape index (κ2) is 6.52. The first-order valence-electron chi connectivity index (χ1n) is 7.16. The number of hydrogen-bond acceptors (Lipinski definition) is 4. The molecule has 20 heavy (non-hydrogen) atoms. The van der Waals surface area contributed by atoms with E-state index in [0.717, 1.165) is 26.2 Å². The van der Waals surface area contributed by atoms with Crippen LogP contribution in [0.3, 0.4) is 0 Å². The average Bonchev–Trinajstić information content (AvgIpc) is 3.18. The molecule has 1 atom stereocenters. The SMILES string of the molecule is CN(CCn1ccnc1)Cc1ccc(C2CCCO2)s1. The van der Waals surface area contributed by atoms with Gasteiger partial charge in [-0.2, -0.15) is 0 Å². The van der Waals surface area contributed by atoms with Crippen LogP contribution in [0.15, 0.2) is 30.9 Å². The van der Waals surface area contributed by atoms with E-state index in [0.29, 0.717) is 6.10 Å². The summed E-state index contributed by atoms with van der Waals surface area (Å²) in [6.07, 6.45) is 8.43. The van der Waals surface area contributed by atoms with E-state index in [4.69, 9.17) is 4.74 Å². The Hall–Kier alpha value is -1.17. The third-order valence-electron chi connectivity index (χ3n) is 3.65. The molecule has 108 valence electrons. The minimum Gasteiger partial charge on any atom is -0.373 e. The number of imidazole rings is 1. The maximum atomic E-state index is 5.74. The molecule has 5 heteroatoms. The van der Waals surface area contributed by atoms with Gasteiger partial charge in [-0.15, -0.1) is 11.3 Å². The monoisotopic (exact) mass is 291 g/mol. The summed E-state index contributed by atoms with van der Waals surface area (Å²) in [5.74, 6) is 0. The van der Waals surface area contributed by atoms with Crippen LogP contribution in [0.2, 0.25) is 0 Å². The molecule has 4 nitrogen and oxygen atoms in total. The second-order valence-electron chi connectivity index (χ2n) is 5.34. The first kappa shape index (κ1) is 13.8. The number of likely N-dealkylation sites (N-methyl/N-ethyl adjacent to an activating group) is 1. The summed E-state index contributed by atoms with van der Waals surface area (Å²) in [5.41, 5.74) is 0. The van der Waals surface area contributed by atoms with Gasteiger partial charge in [-0.25, -0.2) is 4.98 Å². The molecule has 0 aromatic carbocycles. The average molecular weight is 291 g/mol. The van der Waals surface area contributed by atoms with Gasteiger partial charge in [0, 0.05) is 48.4 Å². The Morgan fingerprint density at radius 1 is 1.50 bits per heavy atom. The van der Waals surface area contributed by atoms with Crippen LogP contribution in [0.4, 0.5) is 0 Å². The van der Waals surface area contributed by atoms with E-state index in [1.807, 2.05) is 30.1 Å². The molecule has 1 aliphatic rings. The van der Waals surface area contributed by atoms with Gasteiger partial charge in [0.2, 0.25) is 0 Å². The van der Waals surface area contributed by atoms with Gasteiger partial charge < -0.3 is 9.30 Å². The maximum Gasteiger partial charge on any atom is 0.0946 e. The Balaban J connectivity index is 1.49. The summed E-state index contributed by atoms with van der Waals surface area (Å²) in [4.78, 5) is 9.23. The van der Waals surface area contributed by atoms with E-state index in [-0.39, 0.29) is 0 Å². The number of thiophene rings is 1. The van der Waals surface area contributed by atoms with Gasteiger partial charge in [0.05, 0.1) is 12.4 Å². The summed E-state index contributed by atoms with van der Waals surface area (Å²) in [6, 6.07) is 4.48. The zero-order valence-electron chi connectivity index (χ0n) is 11.9. The van der Waals surface area contributed by atoms with E-state index in [2.05, 4.69) is 33.6 Å². The first-order valence-corrected chi connectivity index (χ1v) is 7.97. The van der Waals surface area contributed by atoms with Gasteiger partial charge >= 0.3 is 0 Å². The van der Waals surface area contributed by atoms with Crippen molar-refractivity contribution in [3.8, 4) is 0 Å². The molecule has 1 saturated heterocycles. The number of ether oxygens (including phenoxy) is 1. The molecule has 0 radical (unpaired) electrons. The van der Waals surface area contributed by atoms with Gasteiger partial charge in [-0.05, 0) is 32.0 Å². The largest absolute Gasteiger partial charge is 0.373 e. The molecule has 2 aromatic rings. The van der Waals surface area contributed by atoms with Crippen molar-refractivity contribution >= 4 is 11.3 Å². The smallest absolute Gasteiger partial charge is 0.0946 e. The number of aromatic nitrogens is 2. The summed E-state index contributed by atoms with van der Waals surface area (Å²) in [5, 5.41) is 0. The molecule has 1 unspecified atom stereocenters. The molecule has 0 N–H and O–H groups in total. The van der Waals surface area contributed by atoms with Crippen LogP contribution in [-0.4, -0.2) is 34.7 Å². The van der Waals surface area contributed by atoms with Gasteiger partial charge in [0.1, 0.15) is 0 Å². The van der Waals surface area contributed by atoms with E-state index in [1.54, 1.807) is 0 Å². The third kappa shape index (κ3) is 3.48. The van der Waals surface area contributed by atoms with Gasteiger partial charge in [0.25, 0.3) is 0 Å². The summed E-state index contributed by atoms with van der Waals surface area (Å²) in [7, 11) is 2.17. The highest BCUT2D eigenvalue weighted by Crippen LogP contribution is 2.33.